The molecule has 0 aliphatic carbocycles. The van der Waals surface area contributed by atoms with E-state index < -0.39 is 11.7 Å². The normalized spacial score (nSPS) is 10.5. The fourth-order valence-electron chi connectivity index (χ4n) is 1.56. The quantitative estimate of drug-likeness (QED) is 0.850. The summed E-state index contributed by atoms with van der Waals surface area (Å²) in [7, 11) is 0. The van der Waals surface area contributed by atoms with Gasteiger partial charge in [0.05, 0.1) is 21.8 Å². The first-order chi connectivity index (χ1) is 9.02. The van der Waals surface area contributed by atoms with Gasteiger partial charge in [0.25, 0.3) is 5.91 Å². The average Bonchev–Trinajstić information content (AvgIpc) is 2.80. The van der Waals surface area contributed by atoms with Gasteiger partial charge in [-0.25, -0.2) is 4.39 Å². The number of nitrogens with one attached hydrogen (secondary N) is 2. The molecule has 1 heterocycles. The Kier molecular flexibility index (Phi) is 4.07. The van der Waals surface area contributed by atoms with Gasteiger partial charge >= 0.3 is 0 Å². The number of hydrogen-bond acceptors (Lipinski definition) is 2. The van der Waals surface area contributed by atoms with Crippen LogP contribution in [0.15, 0.2) is 18.3 Å². The molecule has 0 saturated heterocycles. The SMILES string of the molecule is CCc1cn[nH]c1NC(=O)c1cc(F)c(Cl)cc1Cl. The van der Waals surface area contributed by atoms with Crippen molar-refractivity contribution in [1.29, 1.82) is 0 Å². The summed E-state index contributed by atoms with van der Waals surface area (Å²) in [5.74, 6) is -0.755. The molecule has 19 heavy (non-hydrogen) atoms. The largest absolute Gasteiger partial charge is 0.307 e. The molecule has 100 valence electrons. The van der Waals surface area contributed by atoms with Crippen LogP contribution in [0.5, 0.6) is 0 Å². The number of amides is 1. The van der Waals surface area contributed by atoms with Gasteiger partial charge in [-0.3, -0.25) is 9.89 Å². The van der Waals surface area contributed by atoms with E-state index >= 15 is 0 Å². The van der Waals surface area contributed by atoms with Crippen molar-refractivity contribution in [1.82, 2.24) is 10.2 Å². The molecule has 0 radical (unpaired) electrons. The van der Waals surface area contributed by atoms with Crippen molar-refractivity contribution in [2.24, 2.45) is 0 Å². The highest BCUT2D eigenvalue weighted by atomic mass is 35.5. The number of aromatic amines is 1. The van der Waals surface area contributed by atoms with Crippen LogP contribution in [0, 0.1) is 5.82 Å². The number of carbonyl (C=O) groups excluding carboxylic acids is 1. The van der Waals surface area contributed by atoms with E-state index in [1.54, 1.807) is 6.20 Å². The Morgan fingerprint density at radius 1 is 1.42 bits per heavy atom. The first-order valence-electron chi connectivity index (χ1n) is 5.51. The molecule has 0 spiro atoms. The first-order valence-corrected chi connectivity index (χ1v) is 6.26. The monoisotopic (exact) mass is 301 g/mol. The number of rotatable bonds is 3. The van der Waals surface area contributed by atoms with Crippen molar-refractivity contribution in [2.75, 3.05) is 5.32 Å². The molecule has 0 unspecified atom stereocenters. The second-order valence-corrected chi connectivity index (χ2v) is 4.64. The lowest BCUT2D eigenvalue weighted by molar-refractivity contribution is 0.102. The van der Waals surface area contributed by atoms with Crippen molar-refractivity contribution < 1.29 is 9.18 Å². The van der Waals surface area contributed by atoms with Gasteiger partial charge in [-0.15, -0.1) is 0 Å². The van der Waals surface area contributed by atoms with Gasteiger partial charge in [-0.1, -0.05) is 30.1 Å². The number of anilines is 1. The molecule has 0 aliphatic rings. The van der Waals surface area contributed by atoms with Gasteiger partial charge in [-0.05, 0) is 18.6 Å². The van der Waals surface area contributed by atoms with Crippen LogP contribution in [-0.4, -0.2) is 16.1 Å². The molecule has 7 heteroatoms. The summed E-state index contributed by atoms with van der Waals surface area (Å²) in [5, 5.41) is 9.04. The van der Waals surface area contributed by atoms with Crippen LogP contribution < -0.4 is 5.32 Å². The number of nitrogens with zero attached hydrogens (tertiary/aromatic N) is 1. The zero-order valence-corrected chi connectivity index (χ0v) is 11.4. The Bertz CT molecular complexity index is 627. The van der Waals surface area contributed by atoms with E-state index in [-0.39, 0.29) is 15.6 Å². The van der Waals surface area contributed by atoms with E-state index in [1.807, 2.05) is 6.92 Å². The molecule has 0 saturated carbocycles. The summed E-state index contributed by atoms with van der Waals surface area (Å²) in [6, 6.07) is 2.20. The molecule has 0 aliphatic heterocycles. The lowest BCUT2D eigenvalue weighted by Gasteiger charge is -2.07. The zero-order chi connectivity index (χ0) is 14.0. The summed E-state index contributed by atoms with van der Waals surface area (Å²) < 4.78 is 13.4. The number of carbonyl (C=O) groups is 1. The maximum Gasteiger partial charge on any atom is 0.258 e. The maximum atomic E-state index is 13.4. The van der Waals surface area contributed by atoms with Gasteiger partial charge in [0, 0.05) is 5.56 Å². The van der Waals surface area contributed by atoms with Gasteiger partial charge in [-0.2, -0.15) is 5.10 Å². The first kappa shape index (κ1) is 13.8. The number of H-pyrrole nitrogens is 1. The average molecular weight is 302 g/mol. The Morgan fingerprint density at radius 2 is 2.16 bits per heavy atom. The lowest BCUT2D eigenvalue weighted by Crippen LogP contribution is -2.14. The third-order valence-electron chi connectivity index (χ3n) is 2.59. The van der Waals surface area contributed by atoms with Crippen LogP contribution in [0.3, 0.4) is 0 Å². The molecular formula is C12H10Cl2FN3O. The highest BCUT2D eigenvalue weighted by molar-refractivity contribution is 6.37. The van der Waals surface area contributed by atoms with Gasteiger partial charge < -0.3 is 5.32 Å². The van der Waals surface area contributed by atoms with Crippen molar-refractivity contribution in [2.45, 2.75) is 13.3 Å². The van der Waals surface area contributed by atoms with Crippen molar-refractivity contribution in [3.63, 3.8) is 0 Å². The predicted molar refractivity (Wildman–Crippen MR) is 72.3 cm³/mol. The summed E-state index contributed by atoms with van der Waals surface area (Å²) in [5.41, 5.74) is 0.860. The standard InChI is InChI=1S/C12H10Cl2FN3O/c1-2-6-5-16-18-11(6)17-12(19)7-3-10(15)9(14)4-8(7)13/h3-5H,2H2,1H3,(H2,16,17,18,19). The Labute approximate surface area is 118 Å². The fourth-order valence-corrected chi connectivity index (χ4v) is 2.03. The van der Waals surface area contributed by atoms with Crippen LogP contribution in [-0.2, 0) is 6.42 Å². The van der Waals surface area contributed by atoms with Crippen molar-refractivity contribution >= 4 is 34.9 Å². The van der Waals surface area contributed by atoms with Crippen LogP contribution in [0.25, 0.3) is 0 Å². The minimum atomic E-state index is -0.698. The highest BCUT2D eigenvalue weighted by Crippen LogP contribution is 2.25. The molecule has 0 bridgehead atoms. The van der Waals surface area contributed by atoms with Crippen LogP contribution in [0.4, 0.5) is 10.2 Å². The summed E-state index contributed by atoms with van der Waals surface area (Å²) in [6.07, 6.45) is 2.31. The Balaban J connectivity index is 2.28. The minimum absolute atomic E-state index is 0.0141. The third-order valence-corrected chi connectivity index (χ3v) is 3.19. The second kappa shape index (κ2) is 5.59. The van der Waals surface area contributed by atoms with Gasteiger partial charge in [0.1, 0.15) is 11.6 Å². The predicted octanol–water partition coefficient (Wildman–Crippen LogP) is 3.67. The molecule has 1 aromatic heterocycles. The molecule has 0 atom stereocenters. The maximum absolute atomic E-state index is 13.4. The highest BCUT2D eigenvalue weighted by Gasteiger charge is 2.16. The van der Waals surface area contributed by atoms with Crippen LogP contribution in [0.2, 0.25) is 10.0 Å². The molecule has 0 fully saturated rings. The molecule has 1 amide bonds. The number of halogens is 3. The summed E-state index contributed by atoms with van der Waals surface area (Å²) in [6.45, 7) is 1.93. The molecule has 1 aromatic carbocycles. The fraction of sp³-hybridized carbons (Fsp3) is 0.167. The summed E-state index contributed by atoms with van der Waals surface area (Å²) in [4.78, 5) is 12.0. The van der Waals surface area contributed by atoms with Gasteiger partial charge in [0.2, 0.25) is 0 Å². The lowest BCUT2D eigenvalue weighted by atomic mass is 10.2. The second-order valence-electron chi connectivity index (χ2n) is 3.82. The smallest absolute Gasteiger partial charge is 0.258 e. The molecule has 2 rings (SSSR count). The van der Waals surface area contributed by atoms with Gasteiger partial charge in [0.15, 0.2) is 0 Å². The topological polar surface area (TPSA) is 57.8 Å². The number of benzene rings is 1. The Hall–Kier alpha value is -1.59. The Morgan fingerprint density at radius 3 is 2.84 bits per heavy atom. The molecule has 4 nitrogen and oxygen atoms in total. The molecule has 2 aromatic rings. The van der Waals surface area contributed by atoms with E-state index in [1.165, 1.54) is 6.07 Å². The van der Waals surface area contributed by atoms with Crippen molar-refractivity contribution in [3.05, 3.63) is 45.3 Å². The molecule has 2 N–H and O–H groups in total. The van der Waals surface area contributed by atoms with E-state index in [9.17, 15) is 9.18 Å². The van der Waals surface area contributed by atoms with Crippen LogP contribution >= 0.6 is 23.2 Å². The van der Waals surface area contributed by atoms with E-state index in [0.29, 0.717) is 12.2 Å². The van der Waals surface area contributed by atoms with Crippen molar-refractivity contribution in [3.8, 4) is 0 Å². The summed E-state index contributed by atoms with van der Waals surface area (Å²) >= 11 is 11.4. The van der Waals surface area contributed by atoms with Crippen LogP contribution in [0.1, 0.15) is 22.8 Å². The van der Waals surface area contributed by atoms with E-state index in [0.717, 1.165) is 11.6 Å². The third kappa shape index (κ3) is 2.88. The molecular weight excluding hydrogens is 292 g/mol. The van der Waals surface area contributed by atoms with E-state index in [4.69, 9.17) is 23.2 Å². The minimum Gasteiger partial charge on any atom is -0.307 e. The number of aromatic nitrogens is 2. The number of aryl methyl sites for hydroxylation is 1. The van der Waals surface area contributed by atoms with E-state index in [2.05, 4.69) is 15.5 Å². The zero-order valence-electron chi connectivity index (χ0n) is 9.93. The number of hydrogen-bond donors (Lipinski definition) is 2.